The molecule has 1 aromatic rings. The molecule has 1 heterocycles. The Kier molecular flexibility index (Phi) is 4.10. The van der Waals surface area contributed by atoms with E-state index >= 15 is 0 Å². The monoisotopic (exact) mass is 276 g/mol. The molecule has 3 rings (SSSR count). The van der Waals surface area contributed by atoms with E-state index in [1.165, 1.54) is 32.1 Å². The van der Waals surface area contributed by atoms with E-state index < -0.39 is 0 Å². The molecule has 2 fully saturated rings. The molecule has 4 nitrogen and oxygen atoms in total. The molecule has 0 atom stereocenters. The first-order valence-corrected chi connectivity index (χ1v) is 7.86. The molecule has 0 aliphatic heterocycles. The van der Waals surface area contributed by atoms with Gasteiger partial charge in [0.15, 0.2) is 0 Å². The second-order valence-corrected chi connectivity index (χ2v) is 6.20. The van der Waals surface area contributed by atoms with Crippen LogP contribution >= 0.6 is 0 Å². The van der Waals surface area contributed by atoms with Gasteiger partial charge in [0.25, 0.3) is 5.91 Å². The zero-order valence-corrected chi connectivity index (χ0v) is 12.0. The van der Waals surface area contributed by atoms with Crippen molar-refractivity contribution in [3.63, 3.8) is 0 Å². The second-order valence-electron chi connectivity index (χ2n) is 6.20. The number of rotatable bonds is 5. The molecule has 2 aliphatic carbocycles. The van der Waals surface area contributed by atoms with Gasteiger partial charge in [-0.25, -0.2) is 0 Å². The molecule has 4 heteroatoms. The summed E-state index contributed by atoms with van der Waals surface area (Å²) < 4.78 is 5.32. The molecule has 0 aromatic carbocycles. The highest BCUT2D eigenvalue weighted by Gasteiger charge is 2.32. The summed E-state index contributed by atoms with van der Waals surface area (Å²) in [6.07, 6.45) is 10.2. The lowest BCUT2D eigenvalue weighted by molar-refractivity contribution is 0.0621. The van der Waals surface area contributed by atoms with Crippen LogP contribution in [0.5, 0.6) is 0 Å². The Hall–Kier alpha value is -1.29. The fourth-order valence-corrected chi connectivity index (χ4v) is 3.13. The average molecular weight is 276 g/mol. The Morgan fingerprint density at radius 2 is 2.00 bits per heavy atom. The van der Waals surface area contributed by atoms with Crippen LogP contribution in [0.15, 0.2) is 16.7 Å². The van der Waals surface area contributed by atoms with Gasteiger partial charge in [0.2, 0.25) is 0 Å². The van der Waals surface area contributed by atoms with E-state index in [0.29, 0.717) is 23.9 Å². The standard InChI is InChI=1S/C16H24N2O2/c17-9-15-8-13(11-20-15)16(19)18(10-12-6-7-12)14-4-2-1-3-5-14/h8,11-12,14H,1-7,9-10,17H2. The van der Waals surface area contributed by atoms with Gasteiger partial charge in [-0.3, -0.25) is 4.79 Å². The van der Waals surface area contributed by atoms with E-state index in [0.717, 1.165) is 25.3 Å². The van der Waals surface area contributed by atoms with Gasteiger partial charge in [0, 0.05) is 12.6 Å². The fourth-order valence-electron chi connectivity index (χ4n) is 3.13. The number of carbonyl (C=O) groups excluding carboxylic acids is 1. The van der Waals surface area contributed by atoms with Gasteiger partial charge in [-0.1, -0.05) is 19.3 Å². The summed E-state index contributed by atoms with van der Waals surface area (Å²) in [5.41, 5.74) is 6.22. The molecule has 2 saturated carbocycles. The van der Waals surface area contributed by atoms with Crippen LogP contribution in [0, 0.1) is 5.92 Å². The first-order chi connectivity index (χ1) is 9.78. The highest BCUT2D eigenvalue weighted by atomic mass is 16.3. The summed E-state index contributed by atoms with van der Waals surface area (Å²) in [5, 5.41) is 0. The largest absolute Gasteiger partial charge is 0.467 e. The first-order valence-electron chi connectivity index (χ1n) is 7.86. The number of nitrogens with zero attached hydrogens (tertiary/aromatic N) is 1. The van der Waals surface area contributed by atoms with Crippen LogP contribution in [0.3, 0.4) is 0 Å². The second kappa shape index (κ2) is 6.00. The minimum atomic E-state index is 0.132. The minimum absolute atomic E-state index is 0.132. The van der Waals surface area contributed by atoms with E-state index in [2.05, 4.69) is 4.90 Å². The van der Waals surface area contributed by atoms with Crippen LogP contribution in [-0.2, 0) is 6.54 Å². The SMILES string of the molecule is NCc1cc(C(=O)N(CC2CC2)C2CCCCC2)co1. The lowest BCUT2D eigenvalue weighted by Gasteiger charge is -2.34. The van der Waals surface area contributed by atoms with Crippen LogP contribution in [0.1, 0.15) is 61.1 Å². The van der Waals surface area contributed by atoms with E-state index in [1.54, 1.807) is 12.3 Å². The van der Waals surface area contributed by atoms with E-state index in [-0.39, 0.29) is 5.91 Å². The quantitative estimate of drug-likeness (QED) is 0.899. The van der Waals surface area contributed by atoms with Crippen molar-refractivity contribution in [1.82, 2.24) is 4.90 Å². The van der Waals surface area contributed by atoms with Crippen LogP contribution in [0.2, 0.25) is 0 Å². The molecule has 0 bridgehead atoms. The summed E-state index contributed by atoms with van der Waals surface area (Å²) in [6, 6.07) is 2.22. The number of nitrogens with two attached hydrogens (primary N) is 1. The summed E-state index contributed by atoms with van der Waals surface area (Å²) in [7, 11) is 0. The summed E-state index contributed by atoms with van der Waals surface area (Å²) in [4.78, 5) is 14.9. The third-order valence-corrected chi connectivity index (χ3v) is 4.53. The predicted octanol–water partition coefficient (Wildman–Crippen LogP) is 2.92. The highest BCUT2D eigenvalue weighted by molar-refractivity contribution is 5.94. The molecule has 0 radical (unpaired) electrons. The smallest absolute Gasteiger partial charge is 0.257 e. The normalized spacial score (nSPS) is 20.1. The maximum atomic E-state index is 12.8. The number of furan rings is 1. The lowest BCUT2D eigenvalue weighted by atomic mass is 9.93. The van der Waals surface area contributed by atoms with Crippen molar-refractivity contribution in [2.24, 2.45) is 11.7 Å². The number of hydrogen-bond donors (Lipinski definition) is 1. The molecular formula is C16H24N2O2. The van der Waals surface area contributed by atoms with Crippen molar-refractivity contribution in [3.8, 4) is 0 Å². The van der Waals surface area contributed by atoms with Crippen LogP contribution in [0.4, 0.5) is 0 Å². The molecule has 1 aromatic heterocycles. The van der Waals surface area contributed by atoms with Crippen molar-refractivity contribution < 1.29 is 9.21 Å². The molecule has 1 amide bonds. The number of carbonyl (C=O) groups is 1. The number of hydrogen-bond acceptors (Lipinski definition) is 3. The molecule has 0 unspecified atom stereocenters. The molecule has 2 aliphatic rings. The van der Waals surface area contributed by atoms with Crippen LogP contribution in [0.25, 0.3) is 0 Å². The van der Waals surface area contributed by atoms with Gasteiger partial charge >= 0.3 is 0 Å². The summed E-state index contributed by atoms with van der Waals surface area (Å²) in [6.45, 7) is 1.27. The third kappa shape index (κ3) is 3.06. The summed E-state index contributed by atoms with van der Waals surface area (Å²) in [5.74, 6) is 1.54. The average Bonchev–Trinajstić information content (AvgIpc) is 3.19. The minimum Gasteiger partial charge on any atom is -0.467 e. The Bertz CT molecular complexity index is 459. The van der Waals surface area contributed by atoms with Gasteiger partial charge in [-0.05, 0) is 37.7 Å². The zero-order valence-electron chi connectivity index (χ0n) is 12.0. The van der Waals surface area contributed by atoms with Gasteiger partial charge in [0.1, 0.15) is 12.0 Å². The van der Waals surface area contributed by atoms with E-state index in [9.17, 15) is 4.79 Å². The Labute approximate surface area is 120 Å². The Balaban J connectivity index is 1.74. The van der Waals surface area contributed by atoms with Crippen molar-refractivity contribution >= 4 is 5.91 Å². The Morgan fingerprint density at radius 1 is 1.25 bits per heavy atom. The van der Waals surface area contributed by atoms with Gasteiger partial charge in [0.05, 0.1) is 12.1 Å². The maximum Gasteiger partial charge on any atom is 0.257 e. The first kappa shape index (κ1) is 13.7. The topological polar surface area (TPSA) is 59.5 Å². The van der Waals surface area contributed by atoms with E-state index in [1.807, 2.05) is 0 Å². The zero-order chi connectivity index (χ0) is 13.9. The van der Waals surface area contributed by atoms with E-state index in [4.69, 9.17) is 10.2 Å². The highest BCUT2D eigenvalue weighted by Crippen LogP contribution is 2.33. The van der Waals surface area contributed by atoms with Crippen molar-refractivity contribution in [2.45, 2.75) is 57.5 Å². The molecule has 2 N–H and O–H groups in total. The fraction of sp³-hybridized carbons (Fsp3) is 0.688. The lowest BCUT2D eigenvalue weighted by Crippen LogP contribution is -2.42. The molecular weight excluding hydrogens is 252 g/mol. The third-order valence-electron chi connectivity index (χ3n) is 4.53. The molecule has 20 heavy (non-hydrogen) atoms. The van der Waals surface area contributed by atoms with Gasteiger partial charge < -0.3 is 15.1 Å². The maximum absolute atomic E-state index is 12.8. The molecule has 110 valence electrons. The van der Waals surface area contributed by atoms with Crippen molar-refractivity contribution in [3.05, 3.63) is 23.7 Å². The van der Waals surface area contributed by atoms with Gasteiger partial charge in [-0.2, -0.15) is 0 Å². The van der Waals surface area contributed by atoms with Crippen LogP contribution in [-0.4, -0.2) is 23.4 Å². The number of amides is 1. The predicted molar refractivity (Wildman–Crippen MR) is 77.2 cm³/mol. The summed E-state index contributed by atoms with van der Waals surface area (Å²) >= 11 is 0. The van der Waals surface area contributed by atoms with Crippen molar-refractivity contribution in [1.29, 1.82) is 0 Å². The van der Waals surface area contributed by atoms with Crippen LogP contribution < -0.4 is 5.73 Å². The molecule has 0 spiro atoms. The van der Waals surface area contributed by atoms with Gasteiger partial charge in [-0.15, -0.1) is 0 Å². The van der Waals surface area contributed by atoms with Crippen molar-refractivity contribution in [2.75, 3.05) is 6.54 Å². The Morgan fingerprint density at radius 3 is 2.60 bits per heavy atom. The molecule has 0 saturated heterocycles.